The molecule has 1 unspecified atom stereocenters. The van der Waals surface area contributed by atoms with E-state index in [1.165, 1.54) is 0 Å². The lowest BCUT2D eigenvalue weighted by Crippen LogP contribution is -2.44. The van der Waals surface area contributed by atoms with Gasteiger partial charge in [0, 0.05) is 37.9 Å². The molecule has 6 heteroatoms. The van der Waals surface area contributed by atoms with Gasteiger partial charge in [-0.05, 0) is 37.4 Å². The number of nitrogens with zero attached hydrogens (tertiary/aromatic N) is 2. The lowest BCUT2D eigenvalue weighted by atomic mass is 10.1. The van der Waals surface area contributed by atoms with Gasteiger partial charge in [-0.3, -0.25) is 4.98 Å². The maximum Gasteiger partial charge on any atom is 0.130 e. The van der Waals surface area contributed by atoms with Crippen LogP contribution >= 0.6 is 0 Å². The van der Waals surface area contributed by atoms with Gasteiger partial charge in [-0.1, -0.05) is 6.07 Å². The number of morpholine rings is 1. The highest BCUT2D eigenvalue weighted by molar-refractivity contribution is 5.40. The van der Waals surface area contributed by atoms with Crippen LogP contribution < -0.4 is 14.8 Å². The first kappa shape index (κ1) is 18.6. The number of likely N-dealkylation sites (N-methyl/N-ethyl adjacent to an activating group) is 1. The Kier molecular flexibility index (Phi) is 6.82. The molecule has 6 nitrogen and oxygen atoms in total. The molecule has 1 aromatic carbocycles. The van der Waals surface area contributed by atoms with E-state index in [9.17, 15) is 0 Å². The molecular formula is C20H27N3O3. The van der Waals surface area contributed by atoms with E-state index < -0.39 is 0 Å². The average Bonchev–Trinajstić information content (AvgIpc) is 2.68. The Hall–Kier alpha value is -2.15. The van der Waals surface area contributed by atoms with Crippen LogP contribution in [0.4, 0.5) is 0 Å². The fraction of sp³-hybridized carbons (Fsp3) is 0.450. The number of hydrogen-bond acceptors (Lipinski definition) is 6. The van der Waals surface area contributed by atoms with Gasteiger partial charge >= 0.3 is 0 Å². The van der Waals surface area contributed by atoms with E-state index in [2.05, 4.69) is 22.2 Å². The molecule has 0 saturated carbocycles. The molecule has 0 radical (unpaired) electrons. The van der Waals surface area contributed by atoms with E-state index in [1.807, 2.05) is 36.4 Å². The second kappa shape index (κ2) is 9.52. The van der Waals surface area contributed by atoms with E-state index in [4.69, 9.17) is 14.2 Å². The van der Waals surface area contributed by atoms with E-state index in [1.54, 1.807) is 13.3 Å². The van der Waals surface area contributed by atoms with Crippen LogP contribution in [0.25, 0.3) is 0 Å². The molecule has 140 valence electrons. The zero-order chi connectivity index (χ0) is 18.2. The minimum Gasteiger partial charge on any atom is -0.497 e. The molecule has 3 rings (SSSR count). The lowest BCUT2D eigenvalue weighted by molar-refractivity contribution is -0.0182. The van der Waals surface area contributed by atoms with Crippen LogP contribution in [0.15, 0.2) is 42.6 Å². The fourth-order valence-corrected chi connectivity index (χ4v) is 2.96. The molecule has 1 N–H and O–H groups in total. The van der Waals surface area contributed by atoms with E-state index in [-0.39, 0.29) is 6.10 Å². The summed E-state index contributed by atoms with van der Waals surface area (Å²) in [5, 5.41) is 3.48. The van der Waals surface area contributed by atoms with Crippen molar-refractivity contribution in [2.45, 2.75) is 19.3 Å². The zero-order valence-corrected chi connectivity index (χ0v) is 15.5. The Morgan fingerprint density at radius 1 is 1.31 bits per heavy atom. The third-order valence-corrected chi connectivity index (χ3v) is 4.40. The third-order valence-electron chi connectivity index (χ3n) is 4.40. The van der Waals surface area contributed by atoms with Gasteiger partial charge in [0.05, 0.1) is 25.5 Å². The molecule has 0 spiro atoms. The van der Waals surface area contributed by atoms with Gasteiger partial charge in [-0.25, -0.2) is 0 Å². The molecule has 1 fully saturated rings. The predicted molar refractivity (Wildman–Crippen MR) is 101 cm³/mol. The minimum atomic E-state index is 0.220. The smallest absolute Gasteiger partial charge is 0.130 e. The molecule has 1 atom stereocenters. The Labute approximate surface area is 155 Å². The van der Waals surface area contributed by atoms with E-state index in [0.717, 1.165) is 49.0 Å². The molecule has 0 aliphatic carbocycles. The van der Waals surface area contributed by atoms with Crippen LogP contribution in [0.5, 0.6) is 11.5 Å². The number of rotatable bonds is 8. The van der Waals surface area contributed by atoms with Crippen molar-refractivity contribution in [2.75, 3.05) is 40.4 Å². The molecule has 2 heterocycles. The Morgan fingerprint density at radius 2 is 2.23 bits per heavy atom. The van der Waals surface area contributed by atoms with Crippen molar-refractivity contribution in [1.29, 1.82) is 0 Å². The number of methoxy groups -OCH3 is 1. The van der Waals surface area contributed by atoms with Crippen LogP contribution in [0.3, 0.4) is 0 Å². The molecule has 1 aliphatic heterocycles. The van der Waals surface area contributed by atoms with Gasteiger partial charge in [0.25, 0.3) is 0 Å². The van der Waals surface area contributed by atoms with Crippen molar-refractivity contribution in [3.05, 3.63) is 53.9 Å². The monoisotopic (exact) mass is 357 g/mol. The maximum absolute atomic E-state index is 5.98. The molecule has 1 aliphatic rings. The van der Waals surface area contributed by atoms with Crippen molar-refractivity contribution in [1.82, 2.24) is 15.2 Å². The van der Waals surface area contributed by atoms with Gasteiger partial charge in [0.15, 0.2) is 0 Å². The molecule has 0 bridgehead atoms. The summed E-state index contributed by atoms with van der Waals surface area (Å²) in [5.74, 6) is 1.66. The van der Waals surface area contributed by atoms with E-state index in [0.29, 0.717) is 13.2 Å². The van der Waals surface area contributed by atoms with Crippen LogP contribution in [0.2, 0.25) is 0 Å². The molecule has 0 amide bonds. The number of aromatic nitrogens is 1. The maximum atomic E-state index is 5.98. The first-order valence-electron chi connectivity index (χ1n) is 8.95. The van der Waals surface area contributed by atoms with Crippen molar-refractivity contribution in [3.8, 4) is 11.5 Å². The Bertz CT molecular complexity index is 681. The second-order valence-corrected chi connectivity index (χ2v) is 6.47. The number of nitrogens with one attached hydrogen (secondary N) is 1. The van der Waals surface area contributed by atoms with Gasteiger partial charge in [-0.2, -0.15) is 0 Å². The summed E-state index contributed by atoms with van der Waals surface area (Å²) >= 11 is 0. The highest BCUT2D eigenvalue weighted by Crippen LogP contribution is 2.25. The van der Waals surface area contributed by atoms with Gasteiger partial charge in [0.1, 0.15) is 18.1 Å². The average molecular weight is 357 g/mol. The number of hydrogen-bond donors (Lipinski definition) is 1. The van der Waals surface area contributed by atoms with Crippen LogP contribution in [0, 0.1) is 0 Å². The molecule has 1 aromatic heterocycles. The van der Waals surface area contributed by atoms with Crippen molar-refractivity contribution in [3.63, 3.8) is 0 Å². The predicted octanol–water partition coefficient (Wildman–Crippen LogP) is 2.09. The minimum absolute atomic E-state index is 0.220. The summed E-state index contributed by atoms with van der Waals surface area (Å²) < 4.78 is 17.1. The summed E-state index contributed by atoms with van der Waals surface area (Å²) in [6.07, 6.45) is 1.99. The molecule has 2 aromatic rings. The number of ether oxygens (including phenoxy) is 3. The highest BCUT2D eigenvalue weighted by Gasteiger charge is 2.17. The first-order chi connectivity index (χ1) is 12.7. The second-order valence-electron chi connectivity index (χ2n) is 6.47. The van der Waals surface area contributed by atoms with Gasteiger partial charge in [0.2, 0.25) is 0 Å². The molecular weight excluding hydrogens is 330 g/mol. The summed E-state index contributed by atoms with van der Waals surface area (Å²) in [4.78, 5) is 6.60. The van der Waals surface area contributed by atoms with Crippen molar-refractivity contribution >= 4 is 0 Å². The van der Waals surface area contributed by atoms with E-state index >= 15 is 0 Å². The normalized spacial score (nSPS) is 17.8. The van der Waals surface area contributed by atoms with Crippen molar-refractivity contribution < 1.29 is 14.2 Å². The summed E-state index contributed by atoms with van der Waals surface area (Å²) in [7, 11) is 3.80. The molecule has 1 saturated heterocycles. The first-order valence-corrected chi connectivity index (χ1v) is 8.95. The summed E-state index contributed by atoms with van der Waals surface area (Å²) in [6.45, 7) is 4.68. The van der Waals surface area contributed by atoms with Crippen LogP contribution in [0.1, 0.15) is 11.3 Å². The summed E-state index contributed by atoms with van der Waals surface area (Å²) in [6, 6.07) is 11.7. The largest absolute Gasteiger partial charge is 0.497 e. The fourth-order valence-electron chi connectivity index (χ4n) is 2.96. The van der Waals surface area contributed by atoms with Crippen molar-refractivity contribution in [2.24, 2.45) is 0 Å². The number of pyridine rings is 1. The zero-order valence-electron chi connectivity index (χ0n) is 15.5. The highest BCUT2D eigenvalue weighted by atomic mass is 16.5. The van der Waals surface area contributed by atoms with Gasteiger partial charge < -0.3 is 24.4 Å². The lowest BCUT2D eigenvalue weighted by Gasteiger charge is -2.30. The molecule has 26 heavy (non-hydrogen) atoms. The standard InChI is InChI=1S/C20H27N3O3/c1-23-9-10-25-19(14-23)13-21-12-16-11-18(24-2)6-7-20(16)26-15-17-5-3-4-8-22-17/h3-8,11,19,21H,9-10,12-15H2,1-2H3. The van der Waals surface area contributed by atoms with Gasteiger partial charge in [-0.15, -0.1) is 0 Å². The number of benzene rings is 1. The Balaban J connectivity index is 1.58. The Morgan fingerprint density at radius 3 is 3.00 bits per heavy atom. The van der Waals surface area contributed by atoms with Crippen LogP contribution in [-0.2, 0) is 17.9 Å². The summed E-state index contributed by atoms with van der Waals surface area (Å²) in [5.41, 5.74) is 1.96. The van der Waals surface area contributed by atoms with Crippen LogP contribution in [-0.4, -0.2) is 56.4 Å². The SMILES string of the molecule is COc1ccc(OCc2ccccn2)c(CNCC2CN(C)CCO2)c1. The third kappa shape index (κ3) is 5.42. The quantitative estimate of drug-likeness (QED) is 0.781. The topological polar surface area (TPSA) is 55.9 Å².